The van der Waals surface area contributed by atoms with Crippen LogP contribution in [0.4, 0.5) is 4.39 Å². The van der Waals surface area contributed by atoms with Gasteiger partial charge in [-0.2, -0.15) is 0 Å². The van der Waals surface area contributed by atoms with E-state index < -0.39 is 11.8 Å². The molecule has 0 saturated carbocycles. The van der Waals surface area contributed by atoms with Crippen molar-refractivity contribution in [1.29, 1.82) is 0 Å². The average molecular weight is 259 g/mol. The second kappa shape index (κ2) is 5.39. The van der Waals surface area contributed by atoms with Crippen LogP contribution in [-0.2, 0) is 4.74 Å². The number of carbonyl (C=O) groups excluding carboxylic acids is 2. The molecular weight excluding hydrogens is 249 g/mol. The molecule has 1 heterocycles. The Bertz CT molecular complexity index is 640. The van der Waals surface area contributed by atoms with Crippen LogP contribution in [0.3, 0.4) is 0 Å². The number of methoxy groups -OCH3 is 1. The zero-order chi connectivity index (χ0) is 13.8. The lowest BCUT2D eigenvalue weighted by molar-refractivity contribution is 0.0594. The van der Waals surface area contributed by atoms with Crippen molar-refractivity contribution < 1.29 is 18.7 Å². The Morgan fingerprint density at radius 3 is 2.68 bits per heavy atom. The lowest BCUT2D eigenvalue weighted by Crippen LogP contribution is -2.06. The molecule has 0 saturated heterocycles. The van der Waals surface area contributed by atoms with E-state index in [-0.39, 0.29) is 11.4 Å². The van der Waals surface area contributed by atoms with Gasteiger partial charge in [-0.1, -0.05) is 12.1 Å². The van der Waals surface area contributed by atoms with Gasteiger partial charge in [0.2, 0.25) is 0 Å². The summed E-state index contributed by atoms with van der Waals surface area (Å²) in [6.07, 6.45) is 0.523. The van der Waals surface area contributed by atoms with E-state index in [1.54, 1.807) is 12.1 Å². The van der Waals surface area contributed by atoms with Crippen LogP contribution in [-0.4, -0.2) is 24.3 Å². The molecule has 2 aromatic rings. The lowest BCUT2D eigenvalue weighted by Gasteiger charge is -2.05. The van der Waals surface area contributed by atoms with E-state index in [1.807, 2.05) is 0 Å². The highest BCUT2D eigenvalue weighted by atomic mass is 19.1. The average Bonchev–Trinajstić information content (AvgIpc) is 2.45. The van der Waals surface area contributed by atoms with Gasteiger partial charge in [-0.3, -0.25) is 4.79 Å². The van der Waals surface area contributed by atoms with Crippen LogP contribution in [0.2, 0.25) is 0 Å². The third-order valence-corrected chi connectivity index (χ3v) is 2.52. The van der Waals surface area contributed by atoms with Gasteiger partial charge in [0.25, 0.3) is 0 Å². The number of benzene rings is 1. The van der Waals surface area contributed by atoms with E-state index in [1.165, 1.54) is 31.4 Å². The summed E-state index contributed by atoms with van der Waals surface area (Å²) in [5.41, 5.74) is 1.17. The van der Waals surface area contributed by atoms with Crippen LogP contribution >= 0.6 is 0 Å². The summed E-state index contributed by atoms with van der Waals surface area (Å²) >= 11 is 0. The first-order valence-electron chi connectivity index (χ1n) is 5.45. The molecule has 0 radical (unpaired) electrons. The molecule has 0 aliphatic carbocycles. The molecule has 96 valence electrons. The molecule has 0 amide bonds. The second-order valence-electron chi connectivity index (χ2n) is 3.79. The fourth-order valence-corrected chi connectivity index (χ4v) is 1.66. The van der Waals surface area contributed by atoms with Crippen molar-refractivity contribution in [2.24, 2.45) is 0 Å². The summed E-state index contributed by atoms with van der Waals surface area (Å²) in [6.45, 7) is 0. The van der Waals surface area contributed by atoms with E-state index in [2.05, 4.69) is 9.72 Å². The first-order valence-corrected chi connectivity index (χ1v) is 5.45. The summed E-state index contributed by atoms with van der Waals surface area (Å²) in [5, 5.41) is 0. The van der Waals surface area contributed by atoms with E-state index in [9.17, 15) is 14.0 Å². The Labute approximate surface area is 108 Å². The van der Waals surface area contributed by atoms with Crippen molar-refractivity contribution in [2.45, 2.75) is 0 Å². The number of ether oxygens (including phenoxy) is 1. The van der Waals surface area contributed by atoms with Crippen LogP contribution in [0.25, 0.3) is 11.1 Å². The zero-order valence-electron chi connectivity index (χ0n) is 10.1. The molecule has 5 heteroatoms. The quantitative estimate of drug-likeness (QED) is 0.627. The van der Waals surface area contributed by atoms with Crippen LogP contribution in [0.1, 0.15) is 21.0 Å². The third kappa shape index (κ3) is 2.82. The minimum absolute atomic E-state index is 0.00589. The molecule has 2 rings (SSSR count). The Balaban J connectivity index is 2.56. The van der Waals surface area contributed by atoms with Crippen molar-refractivity contribution in [3.05, 3.63) is 53.6 Å². The maximum atomic E-state index is 13.2. The van der Waals surface area contributed by atoms with Crippen molar-refractivity contribution in [3.63, 3.8) is 0 Å². The van der Waals surface area contributed by atoms with E-state index in [4.69, 9.17) is 0 Å². The number of rotatable bonds is 3. The minimum Gasteiger partial charge on any atom is -0.464 e. The van der Waals surface area contributed by atoms with Crippen molar-refractivity contribution in [2.75, 3.05) is 7.11 Å². The highest BCUT2D eigenvalue weighted by molar-refractivity contribution is 5.90. The van der Waals surface area contributed by atoms with Gasteiger partial charge in [0.1, 0.15) is 17.2 Å². The first kappa shape index (κ1) is 12.9. The van der Waals surface area contributed by atoms with Gasteiger partial charge in [0, 0.05) is 0 Å². The summed E-state index contributed by atoms with van der Waals surface area (Å²) in [6, 6.07) is 8.77. The first-order chi connectivity index (χ1) is 9.13. The van der Waals surface area contributed by atoms with Crippen molar-refractivity contribution in [3.8, 4) is 11.1 Å². The predicted molar refractivity (Wildman–Crippen MR) is 66.4 cm³/mol. The normalized spacial score (nSPS) is 10.0. The zero-order valence-corrected chi connectivity index (χ0v) is 10.1. The summed E-state index contributed by atoms with van der Waals surface area (Å²) in [4.78, 5) is 26.1. The van der Waals surface area contributed by atoms with Gasteiger partial charge >= 0.3 is 5.97 Å². The number of hydrogen-bond acceptors (Lipinski definition) is 4. The number of carbonyl (C=O) groups is 2. The van der Waals surface area contributed by atoms with Gasteiger partial charge in [0.15, 0.2) is 6.29 Å². The Hall–Kier alpha value is -2.56. The molecule has 0 aliphatic heterocycles. The van der Waals surface area contributed by atoms with Crippen molar-refractivity contribution in [1.82, 2.24) is 4.98 Å². The molecule has 1 aromatic carbocycles. The third-order valence-electron chi connectivity index (χ3n) is 2.52. The SMILES string of the molecule is COC(=O)c1cc(-c2cccc(F)c2)cc(C=O)n1. The summed E-state index contributed by atoms with van der Waals surface area (Å²) < 4.78 is 17.7. The van der Waals surface area contributed by atoms with Crippen molar-refractivity contribution >= 4 is 12.3 Å². The standard InChI is InChI=1S/C14H10FNO3/c1-19-14(18)13-7-10(6-12(8-17)16-13)9-3-2-4-11(15)5-9/h2-8H,1H3. The molecule has 1 aromatic heterocycles. The van der Waals surface area contributed by atoms with E-state index >= 15 is 0 Å². The van der Waals surface area contributed by atoms with Crippen LogP contribution in [0.5, 0.6) is 0 Å². The molecule has 0 N–H and O–H groups in total. The maximum Gasteiger partial charge on any atom is 0.356 e. The highest BCUT2D eigenvalue weighted by Crippen LogP contribution is 2.21. The predicted octanol–water partition coefficient (Wildman–Crippen LogP) is 2.49. The van der Waals surface area contributed by atoms with Gasteiger partial charge in [-0.15, -0.1) is 0 Å². The smallest absolute Gasteiger partial charge is 0.356 e. The largest absolute Gasteiger partial charge is 0.464 e. The number of pyridine rings is 1. The molecule has 0 fully saturated rings. The lowest BCUT2D eigenvalue weighted by atomic mass is 10.0. The number of halogens is 1. The van der Waals surface area contributed by atoms with Gasteiger partial charge in [-0.05, 0) is 35.4 Å². The highest BCUT2D eigenvalue weighted by Gasteiger charge is 2.11. The van der Waals surface area contributed by atoms with Gasteiger partial charge < -0.3 is 4.74 Å². The number of nitrogens with zero attached hydrogens (tertiary/aromatic N) is 1. The topological polar surface area (TPSA) is 56.3 Å². The number of esters is 1. The number of hydrogen-bond donors (Lipinski definition) is 0. The summed E-state index contributed by atoms with van der Waals surface area (Å²) in [5.74, 6) is -1.05. The molecule has 0 unspecified atom stereocenters. The second-order valence-corrected chi connectivity index (χ2v) is 3.79. The van der Waals surface area contributed by atoms with E-state index in [0.717, 1.165) is 0 Å². The molecular formula is C14H10FNO3. The van der Waals surface area contributed by atoms with E-state index in [0.29, 0.717) is 17.4 Å². The minimum atomic E-state index is -0.652. The van der Waals surface area contributed by atoms with Gasteiger partial charge in [-0.25, -0.2) is 14.2 Å². The number of aldehydes is 1. The molecule has 0 spiro atoms. The monoisotopic (exact) mass is 259 g/mol. The van der Waals surface area contributed by atoms with Crippen LogP contribution in [0, 0.1) is 5.82 Å². The van der Waals surface area contributed by atoms with Gasteiger partial charge in [0.05, 0.1) is 7.11 Å². The Morgan fingerprint density at radius 1 is 1.26 bits per heavy atom. The Morgan fingerprint density at radius 2 is 2.05 bits per heavy atom. The fraction of sp³-hybridized carbons (Fsp3) is 0.0714. The molecule has 19 heavy (non-hydrogen) atoms. The molecule has 4 nitrogen and oxygen atoms in total. The molecule has 0 aliphatic rings. The molecule has 0 bridgehead atoms. The van der Waals surface area contributed by atoms with Crippen LogP contribution < -0.4 is 0 Å². The summed E-state index contributed by atoms with van der Waals surface area (Å²) in [7, 11) is 1.22. The maximum absolute atomic E-state index is 13.2. The fourth-order valence-electron chi connectivity index (χ4n) is 1.66. The number of aromatic nitrogens is 1. The Kier molecular flexibility index (Phi) is 3.66. The van der Waals surface area contributed by atoms with Crippen LogP contribution in [0.15, 0.2) is 36.4 Å². The molecule has 0 atom stereocenters.